The lowest BCUT2D eigenvalue weighted by atomic mass is 9.82. The van der Waals surface area contributed by atoms with Crippen LogP contribution in [0, 0.1) is 5.92 Å². The smallest absolute Gasteiger partial charge is 0.244 e. The summed E-state index contributed by atoms with van der Waals surface area (Å²) in [4.78, 5) is 0.0300. The number of aliphatic hydroxyl groups is 1. The summed E-state index contributed by atoms with van der Waals surface area (Å²) in [6, 6.07) is 4.40. The molecule has 0 bridgehead atoms. The number of halogens is 1. The van der Waals surface area contributed by atoms with Crippen molar-refractivity contribution in [2.75, 3.05) is 19.3 Å². The first-order valence-electron chi connectivity index (χ1n) is 6.00. The number of benzene rings is 1. The minimum atomic E-state index is -3.64. The molecule has 1 aromatic rings. The molecule has 1 saturated carbocycles. The van der Waals surface area contributed by atoms with E-state index in [-0.39, 0.29) is 22.6 Å². The van der Waals surface area contributed by atoms with E-state index < -0.39 is 10.0 Å². The van der Waals surface area contributed by atoms with Gasteiger partial charge in [-0.25, -0.2) is 12.7 Å². The molecule has 0 atom stereocenters. The number of hydrogen-bond donors (Lipinski definition) is 2. The summed E-state index contributed by atoms with van der Waals surface area (Å²) in [5, 5.41) is 9.56. The Balaban J connectivity index is 2.19. The molecule has 5 nitrogen and oxygen atoms in total. The van der Waals surface area contributed by atoms with E-state index in [4.69, 9.17) is 17.3 Å². The van der Waals surface area contributed by atoms with Crippen molar-refractivity contribution in [3.05, 3.63) is 23.2 Å². The Labute approximate surface area is 118 Å². The van der Waals surface area contributed by atoms with Crippen LogP contribution in [-0.2, 0) is 10.0 Å². The average molecular weight is 305 g/mol. The highest BCUT2D eigenvalue weighted by molar-refractivity contribution is 7.89. The highest BCUT2D eigenvalue weighted by Gasteiger charge is 2.32. The number of nitrogens with zero attached hydrogens (tertiary/aromatic N) is 1. The standard InChI is InChI=1S/C12H17ClN2O3S/c1-15(7-8-4-10(16)5-8)19(17,18)12-6-9(13)2-3-11(12)14/h2-3,6,8,10,16H,4-5,7,14H2,1H3. The fourth-order valence-corrected chi connectivity index (χ4v) is 3.83. The van der Waals surface area contributed by atoms with Gasteiger partial charge in [-0.2, -0.15) is 0 Å². The van der Waals surface area contributed by atoms with E-state index in [0.717, 1.165) is 0 Å². The van der Waals surface area contributed by atoms with Gasteiger partial charge in [0.2, 0.25) is 10.0 Å². The van der Waals surface area contributed by atoms with Crippen LogP contribution in [0.4, 0.5) is 5.69 Å². The Kier molecular flexibility index (Phi) is 4.06. The van der Waals surface area contributed by atoms with Gasteiger partial charge < -0.3 is 10.8 Å². The van der Waals surface area contributed by atoms with Gasteiger partial charge in [-0.05, 0) is 37.0 Å². The fraction of sp³-hybridized carbons (Fsp3) is 0.500. The van der Waals surface area contributed by atoms with Crippen LogP contribution < -0.4 is 5.73 Å². The lowest BCUT2D eigenvalue weighted by Crippen LogP contribution is -2.39. The monoisotopic (exact) mass is 304 g/mol. The van der Waals surface area contributed by atoms with E-state index in [1.54, 1.807) is 6.07 Å². The van der Waals surface area contributed by atoms with Gasteiger partial charge in [0.15, 0.2) is 0 Å². The van der Waals surface area contributed by atoms with Crippen LogP contribution >= 0.6 is 11.6 Å². The Hall–Kier alpha value is -0.820. The zero-order valence-electron chi connectivity index (χ0n) is 10.6. The lowest BCUT2D eigenvalue weighted by molar-refractivity contribution is 0.0367. The van der Waals surface area contributed by atoms with E-state index in [0.29, 0.717) is 24.4 Å². The second kappa shape index (κ2) is 5.28. The summed E-state index contributed by atoms with van der Waals surface area (Å²) in [6.07, 6.45) is 0.993. The van der Waals surface area contributed by atoms with Gasteiger partial charge in [-0.1, -0.05) is 11.6 Å². The Morgan fingerprint density at radius 2 is 2.11 bits per heavy atom. The maximum atomic E-state index is 12.4. The minimum Gasteiger partial charge on any atom is -0.398 e. The highest BCUT2D eigenvalue weighted by Crippen LogP contribution is 2.30. The number of sulfonamides is 1. The molecule has 19 heavy (non-hydrogen) atoms. The van der Waals surface area contributed by atoms with E-state index >= 15 is 0 Å². The van der Waals surface area contributed by atoms with Crippen LogP contribution in [0.5, 0.6) is 0 Å². The molecule has 0 radical (unpaired) electrons. The second-order valence-corrected chi connectivity index (χ2v) is 7.41. The van der Waals surface area contributed by atoms with Crippen molar-refractivity contribution in [3.63, 3.8) is 0 Å². The number of hydrogen-bond acceptors (Lipinski definition) is 4. The zero-order chi connectivity index (χ0) is 14.2. The second-order valence-electron chi connectivity index (χ2n) is 4.96. The normalized spacial score (nSPS) is 23.4. The third kappa shape index (κ3) is 3.02. The Morgan fingerprint density at radius 3 is 2.68 bits per heavy atom. The van der Waals surface area contributed by atoms with Crippen molar-refractivity contribution in [1.82, 2.24) is 4.31 Å². The topological polar surface area (TPSA) is 83.6 Å². The number of nitrogens with two attached hydrogens (primary N) is 1. The number of aliphatic hydroxyl groups excluding tert-OH is 1. The van der Waals surface area contributed by atoms with Gasteiger partial charge in [0.05, 0.1) is 11.8 Å². The summed E-state index contributed by atoms with van der Waals surface area (Å²) >= 11 is 5.82. The molecule has 0 spiro atoms. The molecule has 0 saturated heterocycles. The maximum Gasteiger partial charge on any atom is 0.244 e. The van der Waals surface area contributed by atoms with Crippen LogP contribution in [0.2, 0.25) is 5.02 Å². The molecule has 0 aliphatic heterocycles. The summed E-state index contributed by atoms with van der Waals surface area (Å²) in [5.41, 5.74) is 5.89. The summed E-state index contributed by atoms with van der Waals surface area (Å²) < 4.78 is 26.0. The van der Waals surface area contributed by atoms with E-state index in [1.165, 1.54) is 23.5 Å². The molecule has 3 N–H and O–H groups in total. The Bertz CT molecular complexity index is 570. The predicted molar refractivity (Wildman–Crippen MR) is 74.4 cm³/mol. The van der Waals surface area contributed by atoms with E-state index in [2.05, 4.69) is 0 Å². The summed E-state index contributed by atoms with van der Waals surface area (Å²) in [7, 11) is -2.12. The first-order valence-corrected chi connectivity index (χ1v) is 7.82. The molecule has 7 heteroatoms. The van der Waals surface area contributed by atoms with Gasteiger partial charge >= 0.3 is 0 Å². The van der Waals surface area contributed by atoms with Crippen molar-refractivity contribution >= 4 is 27.3 Å². The summed E-state index contributed by atoms with van der Waals surface area (Å²) in [6.45, 7) is 0.380. The highest BCUT2D eigenvalue weighted by atomic mass is 35.5. The molecule has 2 rings (SSSR count). The third-order valence-electron chi connectivity index (χ3n) is 3.39. The molecular formula is C12H17ClN2O3S. The average Bonchev–Trinajstić information content (AvgIpc) is 2.30. The first kappa shape index (κ1) is 14.6. The maximum absolute atomic E-state index is 12.4. The SMILES string of the molecule is CN(CC1CC(O)C1)S(=O)(=O)c1cc(Cl)ccc1N. The minimum absolute atomic E-state index is 0.0300. The van der Waals surface area contributed by atoms with Crippen LogP contribution in [0.15, 0.2) is 23.1 Å². The Morgan fingerprint density at radius 1 is 1.47 bits per heavy atom. The quantitative estimate of drug-likeness (QED) is 0.822. The number of anilines is 1. The van der Waals surface area contributed by atoms with Crippen LogP contribution in [0.25, 0.3) is 0 Å². The number of rotatable bonds is 4. The van der Waals surface area contributed by atoms with E-state index in [9.17, 15) is 13.5 Å². The zero-order valence-corrected chi connectivity index (χ0v) is 12.2. The van der Waals surface area contributed by atoms with Crippen molar-refractivity contribution in [3.8, 4) is 0 Å². The molecule has 0 aromatic heterocycles. The third-order valence-corrected chi connectivity index (χ3v) is 5.50. The fourth-order valence-electron chi connectivity index (χ4n) is 2.21. The largest absolute Gasteiger partial charge is 0.398 e. The molecule has 106 valence electrons. The van der Waals surface area contributed by atoms with Crippen molar-refractivity contribution in [2.24, 2.45) is 5.92 Å². The molecule has 0 amide bonds. The molecule has 0 heterocycles. The molecule has 0 unspecified atom stereocenters. The van der Waals surface area contributed by atoms with Gasteiger partial charge in [0.25, 0.3) is 0 Å². The van der Waals surface area contributed by atoms with Crippen LogP contribution in [0.1, 0.15) is 12.8 Å². The molecular weight excluding hydrogens is 288 g/mol. The summed E-state index contributed by atoms with van der Waals surface area (Å²) in [5.74, 6) is 0.204. The van der Waals surface area contributed by atoms with E-state index in [1.807, 2.05) is 0 Å². The van der Waals surface area contributed by atoms with Crippen LogP contribution in [0.3, 0.4) is 0 Å². The van der Waals surface area contributed by atoms with Gasteiger partial charge in [0.1, 0.15) is 4.90 Å². The van der Waals surface area contributed by atoms with Gasteiger partial charge in [-0.3, -0.25) is 0 Å². The lowest BCUT2D eigenvalue weighted by Gasteiger charge is -2.34. The van der Waals surface area contributed by atoms with Crippen molar-refractivity contribution < 1.29 is 13.5 Å². The predicted octanol–water partition coefficient (Wildman–Crippen LogP) is 1.31. The van der Waals surface area contributed by atoms with Gasteiger partial charge in [-0.15, -0.1) is 0 Å². The molecule has 1 aromatic carbocycles. The molecule has 1 fully saturated rings. The number of nitrogen functional groups attached to an aromatic ring is 1. The molecule has 1 aliphatic rings. The van der Waals surface area contributed by atoms with Crippen molar-refractivity contribution in [1.29, 1.82) is 0 Å². The van der Waals surface area contributed by atoms with Crippen LogP contribution in [-0.4, -0.2) is 37.5 Å². The van der Waals surface area contributed by atoms with Crippen molar-refractivity contribution in [2.45, 2.75) is 23.8 Å². The first-order chi connectivity index (χ1) is 8.80. The molecule has 1 aliphatic carbocycles. The van der Waals surface area contributed by atoms with Gasteiger partial charge in [0, 0.05) is 18.6 Å².